The van der Waals surface area contributed by atoms with Gasteiger partial charge in [-0.15, -0.1) is 0 Å². The highest BCUT2D eigenvalue weighted by atomic mass is 15.3. The zero-order chi connectivity index (χ0) is 17.9. The van der Waals surface area contributed by atoms with Crippen LogP contribution in [0.15, 0.2) is 24.8 Å². The van der Waals surface area contributed by atoms with Crippen LogP contribution in [-0.4, -0.2) is 63.9 Å². The Morgan fingerprint density at radius 1 is 0.923 bits per heavy atom. The van der Waals surface area contributed by atoms with E-state index >= 15 is 0 Å². The average Bonchev–Trinajstić information content (AvgIpc) is 3.08. The number of hydrogen-bond acceptors (Lipinski definition) is 6. The first-order valence-electron chi connectivity index (χ1n) is 9.70. The molecule has 0 radical (unpaired) electrons. The predicted octanol–water partition coefficient (Wildman–Crippen LogP) is 1.77. The Morgan fingerprint density at radius 2 is 1.54 bits per heavy atom. The number of aryl methyl sites for hydroxylation is 1. The van der Waals surface area contributed by atoms with Crippen molar-refractivity contribution in [2.24, 2.45) is 13.0 Å². The monoisotopic (exact) mass is 355 g/mol. The SMILES string of the molecule is CC1CCN(c2nccnc2N2CCN(Cc3cnn(C)c3)CC2)CC1. The van der Waals surface area contributed by atoms with E-state index in [0.717, 1.165) is 63.4 Å². The van der Waals surface area contributed by atoms with Crippen LogP contribution in [0.2, 0.25) is 0 Å². The van der Waals surface area contributed by atoms with Gasteiger partial charge in [-0.1, -0.05) is 6.92 Å². The normalized spacial score (nSPS) is 19.9. The predicted molar refractivity (Wildman–Crippen MR) is 103 cm³/mol. The topological polar surface area (TPSA) is 53.3 Å². The first kappa shape index (κ1) is 17.3. The third kappa shape index (κ3) is 3.82. The summed E-state index contributed by atoms with van der Waals surface area (Å²) in [6.45, 7) is 9.58. The van der Waals surface area contributed by atoms with Crippen LogP contribution >= 0.6 is 0 Å². The molecule has 26 heavy (non-hydrogen) atoms. The number of hydrogen-bond donors (Lipinski definition) is 0. The maximum Gasteiger partial charge on any atom is 0.172 e. The lowest BCUT2D eigenvalue weighted by Crippen LogP contribution is -2.47. The van der Waals surface area contributed by atoms with Crippen LogP contribution in [0.5, 0.6) is 0 Å². The number of anilines is 2. The van der Waals surface area contributed by atoms with Gasteiger partial charge in [0.25, 0.3) is 0 Å². The second-order valence-corrected chi connectivity index (χ2v) is 7.66. The molecule has 4 heterocycles. The van der Waals surface area contributed by atoms with Crippen molar-refractivity contribution in [2.45, 2.75) is 26.3 Å². The summed E-state index contributed by atoms with van der Waals surface area (Å²) >= 11 is 0. The molecule has 2 aromatic heterocycles. The van der Waals surface area contributed by atoms with E-state index in [9.17, 15) is 0 Å². The molecule has 0 bridgehead atoms. The first-order valence-corrected chi connectivity index (χ1v) is 9.70. The molecule has 2 aliphatic heterocycles. The fraction of sp³-hybridized carbons (Fsp3) is 0.632. The zero-order valence-corrected chi connectivity index (χ0v) is 15.9. The highest BCUT2D eigenvalue weighted by Gasteiger charge is 2.25. The fourth-order valence-electron chi connectivity index (χ4n) is 3.92. The van der Waals surface area contributed by atoms with Gasteiger partial charge in [0.15, 0.2) is 11.6 Å². The molecule has 0 aliphatic carbocycles. The van der Waals surface area contributed by atoms with Gasteiger partial charge in [0.1, 0.15) is 0 Å². The molecule has 0 unspecified atom stereocenters. The van der Waals surface area contributed by atoms with Gasteiger partial charge in [0.05, 0.1) is 6.20 Å². The third-order valence-corrected chi connectivity index (χ3v) is 5.58. The summed E-state index contributed by atoms with van der Waals surface area (Å²) in [6.07, 6.45) is 10.2. The first-order chi connectivity index (χ1) is 12.7. The maximum absolute atomic E-state index is 4.70. The summed E-state index contributed by atoms with van der Waals surface area (Å²) in [7, 11) is 1.97. The quantitative estimate of drug-likeness (QED) is 0.833. The van der Waals surface area contributed by atoms with Crippen molar-refractivity contribution in [3.63, 3.8) is 0 Å². The second-order valence-electron chi connectivity index (χ2n) is 7.66. The van der Waals surface area contributed by atoms with E-state index in [0.29, 0.717) is 0 Å². The lowest BCUT2D eigenvalue weighted by Gasteiger charge is -2.38. The van der Waals surface area contributed by atoms with Crippen molar-refractivity contribution >= 4 is 11.6 Å². The molecule has 0 amide bonds. The summed E-state index contributed by atoms with van der Waals surface area (Å²) in [5, 5.41) is 4.27. The molecule has 4 rings (SSSR count). The van der Waals surface area contributed by atoms with Gasteiger partial charge < -0.3 is 9.80 Å². The van der Waals surface area contributed by atoms with Crippen LogP contribution < -0.4 is 9.80 Å². The lowest BCUT2D eigenvalue weighted by molar-refractivity contribution is 0.249. The van der Waals surface area contributed by atoms with Gasteiger partial charge in [-0.25, -0.2) is 9.97 Å². The molecule has 7 nitrogen and oxygen atoms in total. The Kier molecular flexibility index (Phi) is 5.06. The third-order valence-electron chi connectivity index (χ3n) is 5.58. The van der Waals surface area contributed by atoms with E-state index in [1.165, 1.54) is 18.4 Å². The minimum Gasteiger partial charge on any atom is -0.354 e. The number of piperazine rings is 1. The summed E-state index contributed by atoms with van der Waals surface area (Å²) in [4.78, 5) is 16.7. The van der Waals surface area contributed by atoms with Crippen LogP contribution in [0.1, 0.15) is 25.3 Å². The van der Waals surface area contributed by atoms with Crippen molar-refractivity contribution in [2.75, 3.05) is 49.1 Å². The molecule has 2 aromatic rings. The number of rotatable bonds is 4. The number of aromatic nitrogens is 4. The van der Waals surface area contributed by atoms with Gasteiger partial charge >= 0.3 is 0 Å². The van der Waals surface area contributed by atoms with Crippen molar-refractivity contribution in [1.29, 1.82) is 0 Å². The molecule has 2 saturated heterocycles. The van der Waals surface area contributed by atoms with Crippen LogP contribution in [-0.2, 0) is 13.6 Å². The molecule has 0 aromatic carbocycles. The Labute approximate surface area is 155 Å². The molecule has 140 valence electrons. The van der Waals surface area contributed by atoms with Crippen molar-refractivity contribution in [1.82, 2.24) is 24.6 Å². The summed E-state index contributed by atoms with van der Waals surface area (Å²) < 4.78 is 1.87. The van der Waals surface area contributed by atoms with E-state index in [1.54, 1.807) is 0 Å². The standard InChI is InChI=1S/C19H29N7/c1-16-3-7-25(8-4-16)18-19(21-6-5-20-18)26-11-9-24(10-12-26)15-17-13-22-23(2)14-17/h5-6,13-14,16H,3-4,7-12,15H2,1-2H3. The highest BCUT2D eigenvalue weighted by molar-refractivity contribution is 5.62. The van der Waals surface area contributed by atoms with Crippen molar-refractivity contribution in [3.05, 3.63) is 30.4 Å². The van der Waals surface area contributed by atoms with E-state index in [4.69, 9.17) is 4.98 Å². The van der Waals surface area contributed by atoms with Crippen LogP contribution in [0.25, 0.3) is 0 Å². The largest absolute Gasteiger partial charge is 0.354 e. The van der Waals surface area contributed by atoms with Crippen molar-refractivity contribution < 1.29 is 0 Å². The minimum atomic E-state index is 0.822. The van der Waals surface area contributed by atoms with E-state index in [1.807, 2.05) is 30.3 Å². The van der Waals surface area contributed by atoms with Gasteiger partial charge in [0, 0.05) is 77.0 Å². The Balaban J connectivity index is 1.40. The summed E-state index contributed by atoms with van der Waals surface area (Å²) in [6, 6.07) is 0. The molecule has 0 N–H and O–H groups in total. The number of piperidine rings is 1. The Bertz CT molecular complexity index is 712. The molecule has 2 fully saturated rings. The van der Waals surface area contributed by atoms with E-state index < -0.39 is 0 Å². The maximum atomic E-state index is 4.70. The van der Waals surface area contributed by atoms with Crippen LogP contribution in [0, 0.1) is 5.92 Å². The average molecular weight is 355 g/mol. The van der Waals surface area contributed by atoms with Gasteiger partial charge in [-0.3, -0.25) is 9.58 Å². The molecule has 0 atom stereocenters. The van der Waals surface area contributed by atoms with Gasteiger partial charge in [-0.2, -0.15) is 5.10 Å². The van der Waals surface area contributed by atoms with Crippen molar-refractivity contribution in [3.8, 4) is 0 Å². The minimum absolute atomic E-state index is 0.822. The second kappa shape index (κ2) is 7.61. The molecular weight excluding hydrogens is 326 g/mol. The molecular formula is C19H29N7. The van der Waals surface area contributed by atoms with Gasteiger partial charge in [-0.05, 0) is 18.8 Å². The van der Waals surface area contributed by atoms with Crippen LogP contribution in [0.4, 0.5) is 11.6 Å². The van der Waals surface area contributed by atoms with E-state index in [2.05, 4.69) is 37.9 Å². The summed E-state index contributed by atoms with van der Waals surface area (Å²) in [5.74, 6) is 2.95. The fourth-order valence-corrected chi connectivity index (χ4v) is 3.92. The molecule has 7 heteroatoms. The number of nitrogens with zero attached hydrogens (tertiary/aromatic N) is 7. The van der Waals surface area contributed by atoms with Crippen LogP contribution in [0.3, 0.4) is 0 Å². The smallest absolute Gasteiger partial charge is 0.172 e. The molecule has 2 aliphatic rings. The highest BCUT2D eigenvalue weighted by Crippen LogP contribution is 2.29. The lowest BCUT2D eigenvalue weighted by atomic mass is 9.99. The Hall–Kier alpha value is -2.15. The molecule has 0 spiro atoms. The Morgan fingerprint density at radius 3 is 2.12 bits per heavy atom. The van der Waals surface area contributed by atoms with E-state index in [-0.39, 0.29) is 0 Å². The van der Waals surface area contributed by atoms with Gasteiger partial charge in [0.2, 0.25) is 0 Å². The molecule has 0 saturated carbocycles. The summed E-state index contributed by atoms with van der Waals surface area (Å²) in [5.41, 5.74) is 1.28. The zero-order valence-electron chi connectivity index (χ0n) is 15.9.